The normalized spacial score (nSPS) is 14.9. The van der Waals surface area contributed by atoms with Gasteiger partial charge in [-0.1, -0.05) is 42.0 Å². The molecular weight excluding hydrogens is 364 g/mol. The first-order chi connectivity index (χ1) is 14.3. The maximum absolute atomic E-state index is 5.34. The zero-order valence-electron chi connectivity index (χ0n) is 16.6. The zero-order valence-corrected chi connectivity index (χ0v) is 16.6. The van der Waals surface area contributed by atoms with Crippen LogP contribution in [0.15, 0.2) is 63.7 Å². The molecular formula is C22H26N6O. The summed E-state index contributed by atoms with van der Waals surface area (Å²) in [6.45, 7) is 5.27. The Kier molecular flexibility index (Phi) is 6.04. The number of rotatable bonds is 5. The van der Waals surface area contributed by atoms with Crippen LogP contribution in [0.4, 0.5) is 0 Å². The number of hydrogen-bond donors (Lipinski definition) is 2. The number of nitrogens with one attached hydrogen (secondary N) is 2. The van der Waals surface area contributed by atoms with Crippen molar-refractivity contribution in [3.8, 4) is 11.6 Å². The van der Waals surface area contributed by atoms with E-state index in [2.05, 4.69) is 68.7 Å². The number of piperidine rings is 1. The summed E-state index contributed by atoms with van der Waals surface area (Å²) >= 11 is 0. The Hall–Kier alpha value is -3.35. The van der Waals surface area contributed by atoms with Crippen LogP contribution in [0, 0.1) is 0 Å². The first-order valence-corrected chi connectivity index (χ1v) is 10.0. The number of nitrogens with zero attached hydrogens (tertiary/aromatic N) is 4. The number of likely N-dealkylation sites (tertiary alicyclic amines) is 1. The molecule has 0 amide bonds. The third-order valence-corrected chi connectivity index (χ3v) is 4.86. The average molecular weight is 390 g/mol. The molecule has 7 nitrogen and oxygen atoms in total. The van der Waals surface area contributed by atoms with Crippen molar-refractivity contribution < 1.29 is 4.42 Å². The number of benzene rings is 1. The van der Waals surface area contributed by atoms with Crippen molar-refractivity contribution >= 4 is 12.0 Å². The molecule has 150 valence electrons. The monoisotopic (exact) mass is 390 g/mol. The van der Waals surface area contributed by atoms with E-state index in [9.17, 15) is 0 Å². The molecule has 3 heterocycles. The summed E-state index contributed by atoms with van der Waals surface area (Å²) < 4.78 is 5.34. The Balaban J connectivity index is 1.38. The molecule has 0 spiro atoms. The van der Waals surface area contributed by atoms with Crippen molar-refractivity contribution in [2.75, 3.05) is 19.6 Å². The molecule has 7 heteroatoms. The number of aromatic amines is 1. The van der Waals surface area contributed by atoms with E-state index in [0.717, 1.165) is 38.4 Å². The largest absolute Gasteiger partial charge is 0.461 e. The lowest BCUT2D eigenvalue weighted by atomic mass is 10.0. The van der Waals surface area contributed by atoms with Crippen LogP contribution in [0.5, 0.6) is 0 Å². The molecule has 0 aliphatic carbocycles. The lowest BCUT2D eigenvalue weighted by Gasteiger charge is -2.31. The topological polar surface area (TPSA) is 82.3 Å². The van der Waals surface area contributed by atoms with Crippen LogP contribution in [0.1, 0.15) is 31.2 Å². The fourth-order valence-electron chi connectivity index (χ4n) is 3.39. The molecule has 0 radical (unpaired) electrons. The molecule has 2 aromatic heterocycles. The van der Waals surface area contributed by atoms with Gasteiger partial charge in [-0.25, -0.2) is 9.98 Å². The molecule has 1 aliphatic rings. The molecule has 0 unspecified atom stereocenters. The van der Waals surface area contributed by atoms with Crippen LogP contribution in [-0.2, 0) is 6.54 Å². The van der Waals surface area contributed by atoms with E-state index in [4.69, 9.17) is 9.41 Å². The second-order valence-electron chi connectivity index (χ2n) is 6.95. The van der Waals surface area contributed by atoms with E-state index >= 15 is 0 Å². The minimum Gasteiger partial charge on any atom is -0.461 e. The minimum atomic E-state index is 0.444. The van der Waals surface area contributed by atoms with Crippen LogP contribution in [0.25, 0.3) is 17.7 Å². The highest BCUT2D eigenvalue weighted by molar-refractivity contribution is 5.80. The van der Waals surface area contributed by atoms with E-state index in [1.807, 2.05) is 12.1 Å². The molecule has 1 aliphatic heterocycles. The fraction of sp³-hybridized carbons (Fsp3) is 0.318. The molecule has 1 aromatic carbocycles. The lowest BCUT2D eigenvalue weighted by Crippen LogP contribution is -2.44. The van der Waals surface area contributed by atoms with E-state index in [-0.39, 0.29) is 0 Å². The van der Waals surface area contributed by atoms with Crippen LogP contribution in [-0.4, -0.2) is 45.7 Å². The maximum atomic E-state index is 5.34. The number of aliphatic imine (C=N–C) groups is 1. The first kappa shape index (κ1) is 19.0. The minimum absolute atomic E-state index is 0.444. The first-order valence-electron chi connectivity index (χ1n) is 10.0. The fourth-order valence-corrected chi connectivity index (χ4v) is 3.39. The zero-order chi connectivity index (χ0) is 19.9. The van der Waals surface area contributed by atoms with Gasteiger partial charge < -0.3 is 14.6 Å². The van der Waals surface area contributed by atoms with Crippen LogP contribution in [0.3, 0.4) is 0 Å². The van der Waals surface area contributed by atoms with Crippen molar-refractivity contribution in [1.29, 1.82) is 0 Å². The molecule has 1 fully saturated rings. The lowest BCUT2D eigenvalue weighted by molar-refractivity contribution is 0.375. The molecule has 2 N–H and O–H groups in total. The van der Waals surface area contributed by atoms with Gasteiger partial charge in [-0.05, 0) is 37.5 Å². The van der Waals surface area contributed by atoms with Gasteiger partial charge in [0.15, 0.2) is 11.7 Å². The van der Waals surface area contributed by atoms with Gasteiger partial charge in [-0.2, -0.15) is 0 Å². The number of H-pyrrole nitrogens is 1. The molecule has 29 heavy (non-hydrogen) atoms. The van der Waals surface area contributed by atoms with Crippen LogP contribution >= 0.6 is 0 Å². The summed E-state index contributed by atoms with van der Waals surface area (Å²) in [5.41, 5.74) is 2.76. The van der Waals surface area contributed by atoms with Crippen molar-refractivity contribution in [3.63, 3.8) is 0 Å². The molecule has 4 rings (SSSR count). The predicted molar refractivity (Wildman–Crippen MR) is 114 cm³/mol. The molecule has 0 saturated carbocycles. The molecule has 0 bridgehead atoms. The number of guanidine groups is 1. The van der Waals surface area contributed by atoms with Gasteiger partial charge >= 0.3 is 0 Å². The Morgan fingerprint density at radius 1 is 1.21 bits per heavy atom. The highest BCUT2D eigenvalue weighted by Crippen LogP contribution is 2.20. The molecule has 0 atom stereocenters. The Bertz CT molecular complexity index is 948. The average Bonchev–Trinajstić information content (AvgIpc) is 3.44. The standard InChI is InChI=1S/C22H26N6O/c1-2-23-22(24-16-20-25-21(27-26-20)19-9-6-14-29-19)28-12-10-18(11-13-28)15-17-7-4-3-5-8-17/h3-9,14-15H,2,10-13,16H2,1H3,(H,23,24)(H,25,26,27). The Labute approximate surface area is 170 Å². The third-order valence-electron chi connectivity index (χ3n) is 4.86. The Morgan fingerprint density at radius 3 is 2.76 bits per heavy atom. The van der Waals surface area contributed by atoms with Crippen LogP contribution in [0.2, 0.25) is 0 Å². The Morgan fingerprint density at radius 2 is 2.03 bits per heavy atom. The van der Waals surface area contributed by atoms with E-state index in [0.29, 0.717) is 24.0 Å². The van der Waals surface area contributed by atoms with Gasteiger partial charge in [0.1, 0.15) is 12.4 Å². The second kappa shape index (κ2) is 9.23. The van der Waals surface area contributed by atoms with E-state index < -0.39 is 0 Å². The second-order valence-corrected chi connectivity index (χ2v) is 6.95. The predicted octanol–water partition coefficient (Wildman–Crippen LogP) is 3.71. The van der Waals surface area contributed by atoms with Gasteiger partial charge in [0.25, 0.3) is 0 Å². The third kappa shape index (κ3) is 4.93. The summed E-state index contributed by atoms with van der Waals surface area (Å²) in [5.74, 6) is 2.84. The number of furan rings is 1. The van der Waals surface area contributed by atoms with Gasteiger partial charge in [0.2, 0.25) is 5.82 Å². The van der Waals surface area contributed by atoms with Crippen molar-refractivity contribution in [1.82, 2.24) is 25.4 Å². The summed E-state index contributed by atoms with van der Waals surface area (Å²) in [5, 5.41) is 10.5. The van der Waals surface area contributed by atoms with Crippen molar-refractivity contribution in [2.24, 2.45) is 4.99 Å². The van der Waals surface area contributed by atoms with Gasteiger partial charge in [0, 0.05) is 19.6 Å². The highest BCUT2D eigenvalue weighted by atomic mass is 16.3. The van der Waals surface area contributed by atoms with E-state index in [1.54, 1.807) is 6.26 Å². The molecule has 1 saturated heterocycles. The smallest absolute Gasteiger partial charge is 0.216 e. The van der Waals surface area contributed by atoms with Crippen LogP contribution < -0.4 is 5.32 Å². The van der Waals surface area contributed by atoms with Gasteiger partial charge in [-0.3, -0.25) is 5.10 Å². The van der Waals surface area contributed by atoms with Crippen molar-refractivity contribution in [3.05, 3.63) is 65.7 Å². The summed E-state index contributed by atoms with van der Waals surface area (Å²) in [7, 11) is 0. The van der Waals surface area contributed by atoms with Gasteiger partial charge in [-0.15, -0.1) is 5.10 Å². The summed E-state index contributed by atoms with van der Waals surface area (Å²) in [6, 6.07) is 14.2. The SMILES string of the molecule is CCNC(=NCc1nc(-c2ccco2)n[nH]1)N1CCC(=Cc2ccccc2)CC1. The summed E-state index contributed by atoms with van der Waals surface area (Å²) in [6.07, 6.45) is 6.02. The number of hydrogen-bond acceptors (Lipinski definition) is 4. The highest BCUT2D eigenvalue weighted by Gasteiger charge is 2.17. The van der Waals surface area contributed by atoms with E-state index in [1.165, 1.54) is 11.1 Å². The maximum Gasteiger partial charge on any atom is 0.216 e. The van der Waals surface area contributed by atoms with Gasteiger partial charge in [0.05, 0.1) is 6.26 Å². The summed E-state index contributed by atoms with van der Waals surface area (Å²) in [4.78, 5) is 11.5. The van der Waals surface area contributed by atoms with Crippen molar-refractivity contribution in [2.45, 2.75) is 26.3 Å². The quantitative estimate of drug-likeness (QED) is 0.513. The molecule has 3 aromatic rings. The number of aromatic nitrogens is 3.